The summed E-state index contributed by atoms with van der Waals surface area (Å²) in [5.74, 6) is -4.39. The second kappa shape index (κ2) is 21.6. The number of hydrogen-bond acceptors (Lipinski definition) is 15. The molecule has 8 fully saturated rings. The average Bonchev–Trinajstić information content (AvgIpc) is 3.45. The normalized spacial score (nSPS) is 46.2. The molecule has 11 rings (SSSR count). The third kappa shape index (κ3) is 8.55. The van der Waals surface area contributed by atoms with Gasteiger partial charge < -0.3 is 76.5 Å². The van der Waals surface area contributed by atoms with Crippen LogP contribution in [0.1, 0.15) is 161 Å². The fourth-order valence-corrected chi connectivity index (χ4v) is 21.3. The molecular weight excluding hydrogens is 1020 g/mol. The summed E-state index contributed by atoms with van der Waals surface area (Å²) in [5.41, 5.74) is 2.74. The van der Waals surface area contributed by atoms with Crippen molar-refractivity contribution >= 4 is 11.9 Å². The molecule has 9 aliphatic rings. The van der Waals surface area contributed by atoms with E-state index in [1.165, 1.54) is 0 Å². The van der Waals surface area contributed by atoms with Crippen LogP contribution >= 0.6 is 0 Å². The SMILES string of the molecule is CC1(CO)CCC2(C(=O)O)C(C1)C1=CCC3C4(C5CCCCC5)C(CC5C(C(CCC(N)O)c6cnc[nH]6)NC(=O)C56CCCC6)C(O)C(OC5OCC(O)C(O)C5O)C(C)(CO)C4CCC3(C)C1(C)C(Cc1cnc[nH]1)C2CO. The van der Waals surface area contributed by atoms with Gasteiger partial charge in [-0.25, -0.2) is 9.97 Å². The van der Waals surface area contributed by atoms with Gasteiger partial charge in [-0.1, -0.05) is 71.4 Å². The number of aromatic amines is 2. The molecule has 22 unspecified atom stereocenters. The molecule has 2 aromatic rings. The first-order valence-corrected chi connectivity index (χ1v) is 30.6. The van der Waals surface area contributed by atoms with E-state index in [-0.39, 0.29) is 61.7 Å². The first kappa shape index (κ1) is 58.4. The zero-order chi connectivity index (χ0) is 57.0. The number of nitrogens with one attached hydrogen (secondary N) is 3. The summed E-state index contributed by atoms with van der Waals surface area (Å²) < 4.78 is 13.0. The Hall–Kier alpha value is -3.34. The quantitative estimate of drug-likeness (QED) is 0.0628. The van der Waals surface area contributed by atoms with E-state index in [9.17, 15) is 50.8 Å². The number of aromatic nitrogens is 4. The van der Waals surface area contributed by atoms with Crippen molar-refractivity contribution in [1.29, 1.82) is 0 Å². The van der Waals surface area contributed by atoms with E-state index >= 15 is 4.79 Å². The van der Waals surface area contributed by atoms with Crippen LogP contribution in [0.25, 0.3) is 0 Å². The highest BCUT2D eigenvalue weighted by Crippen LogP contribution is 2.81. The maximum Gasteiger partial charge on any atom is 0.310 e. The number of carboxylic acids is 1. The molecule has 7 aliphatic carbocycles. The van der Waals surface area contributed by atoms with Crippen molar-refractivity contribution in [3.8, 4) is 0 Å². The summed E-state index contributed by atoms with van der Waals surface area (Å²) >= 11 is 0. The van der Waals surface area contributed by atoms with Crippen molar-refractivity contribution in [1.82, 2.24) is 25.3 Å². The number of H-pyrrole nitrogens is 2. The van der Waals surface area contributed by atoms with E-state index in [0.717, 1.165) is 61.9 Å². The van der Waals surface area contributed by atoms with E-state index in [2.05, 4.69) is 52.1 Å². The Bertz CT molecular complexity index is 2540. The topological polar surface area (TPSA) is 330 Å². The van der Waals surface area contributed by atoms with Crippen LogP contribution in [-0.4, -0.2) is 153 Å². The Morgan fingerprint density at radius 2 is 1.55 bits per heavy atom. The number of fused-ring (bicyclic) bond motifs is 7. The Kier molecular flexibility index (Phi) is 15.8. The van der Waals surface area contributed by atoms with E-state index in [4.69, 9.17) is 15.2 Å². The van der Waals surface area contributed by atoms with Gasteiger partial charge in [-0.05, 0) is 153 Å². The average molecular weight is 1120 g/mol. The van der Waals surface area contributed by atoms with Gasteiger partial charge in [0.25, 0.3) is 0 Å². The lowest BCUT2D eigenvalue weighted by molar-refractivity contribution is -0.351. The fourth-order valence-electron chi connectivity index (χ4n) is 21.3. The van der Waals surface area contributed by atoms with Crippen LogP contribution in [0.5, 0.6) is 0 Å². The summed E-state index contributed by atoms with van der Waals surface area (Å²) in [6.45, 7) is 7.65. The second-order valence-electron chi connectivity index (χ2n) is 28.3. The van der Waals surface area contributed by atoms with Crippen molar-refractivity contribution in [3.05, 3.63) is 48.1 Å². The van der Waals surface area contributed by atoms with Gasteiger partial charge in [0.1, 0.15) is 24.5 Å². The van der Waals surface area contributed by atoms with Crippen molar-refractivity contribution in [2.75, 3.05) is 26.4 Å². The lowest BCUT2D eigenvalue weighted by Crippen LogP contribution is -2.76. The Balaban J connectivity index is 1.16. The molecule has 2 aromatic heterocycles. The summed E-state index contributed by atoms with van der Waals surface area (Å²) in [4.78, 5) is 45.3. The van der Waals surface area contributed by atoms with Gasteiger partial charge in [0.05, 0.1) is 48.9 Å². The molecule has 2 saturated heterocycles. The molecule has 0 bridgehead atoms. The van der Waals surface area contributed by atoms with Gasteiger partial charge in [-0.3, -0.25) is 9.59 Å². The number of nitrogens with two attached hydrogens (primary N) is 1. The third-order valence-electron chi connectivity index (χ3n) is 25.2. The molecule has 0 radical (unpaired) electrons. The van der Waals surface area contributed by atoms with Gasteiger partial charge >= 0.3 is 5.97 Å². The summed E-state index contributed by atoms with van der Waals surface area (Å²) in [6.07, 6.45) is 11.7. The van der Waals surface area contributed by atoms with Crippen molar-refractivity contribution in [2.24, 2.45) is 91.0 Å². The van der Waals surface area contributed by atoms with Gasteiger partial charge in [0.15, 0.2) is 6.29 Å². The number of rotatable bonds is 16. The Morgan fingerprint density at radius 1 is 0.825 bits per heavy atom. The summed E-state index contributed by atoms with van der Waals surface area (Å²) in [5, 5.41) is 109. The number of aliphatic hydroxyl groups is 8. The zero-order valence-electron chi connectivity index (χ0n) is 47.6. The minimum atomic E-state index is -1.67. The number of amides is 1. The van der Waals surface area contributed by atoms with Crippen LogP contribution in [0.4, 0.5) is 0 Å². The number of carbonyl (C=O) groups is 2. The van der Waals surface area contributed by atoms with Gasteiger partial charge in [-0.2, -0.15) is 0 Å². The number of ether oxygens (including phenoxy) is 2. The van der Waals surface area contributed by atoms with E-state index in [0.29, 0.717) is 70.6 Å². The lowest BCUT2D eigenvalue weighted by Gasteiger charge is -2.77. The van der Waals surface area contributed by atoms with Crippen molar-refractivity contribution in [2.45, 2.75) is 205 Å². The molecule has 19 heteroatoms. The molecular formula is C61H94N6O13. The van der Waals surface area contributed by atoms with Gasteiger partial charge in [0.2, 0.25) is 5.91 Å². The van der Waals surface area contributed by atoms with Crippen molar-refractivity contribution in [3.63, 3.8) is 0 Å². The number of carbonyl (C=O) groups excluding carboxylic acids is 1. The highest BCUT2D eigenvalue weighted by molar-refractivity contribution is 5.86. The number of imidazole rings is 2. The molecule has 80 heavy (non-hydrogen) atoms. The Labute approximate surface area is 470 Å². The van der Waals surface area contributed by atoms with Crippen LogP contribution in [0.2, 0.25) is 0 Å². The molecule has 14 N–H and O–H groups in total. The van der Waals surface area contributed by atoms with Gasteiger partial charge in [-0.15, -0.1) is 0 Å². The first-order chi connectivity index (χ1) is 38.2. The minimum absolute atomic E-state index is 0.0111. The standard InChI is InChI=1S/C61H94N6O13/c1-55(29-69)20-21-60(54(77)78)40(24-55)36-13-14-45-57(3,58(36,4)37(41(60)27-68)22-34-25-63-31-65-34)19-16-44-56(2,30-70)51(80-52-50(75)49(74)43(71)28-79-52)48(73)39(61(44,45)33-10-6-5-7-11-33)23-38-47(67-53(76)59(38)17-8-9-18-59)35(12-15-46(62)72)42-26-64-32-66-42/h13,25-26,31-33,35,37-41,43-52,68-75H,5-12,14-24,27-30,62H2,1-4H3,(H,63,65)(H,64,66)(H,67,76)(H,77,78). The maximum atomic E-state index is 15.2. The van der Waals surface area contributed by atoms with Crippen LogP contribution in [0.3, 0.4) is 0 Å². The monoisotopic (exact) mass is 1120 g/mol. The fraction of sp³-hybridized carbons (Fsp3) is 0.836. The molecule has 2 aliphatic heterocycles. The smallest absolute Gasteiger partial charge is 0.310 e. The number of aliphatic hydroxyl groups excluding tert-OH is 8. The summed E-state index contributed by atoms with van der Waals surface area (Å²) in [6, 6.07) is -0.469. The van der Waals surface area contributed by atoms with Crippen molar-refractivity contribution < 1.29 is 65.0 Å². The predicted molar refractivity (Wildman–Crippen MR) is 292 cm³/mol. The maximum absolute atomic E-state index is 15.2. The summed E-state index contributed by atoms with van der Waals surface area (Å²) in [7, 11) is 0. The number of nitrogens with zero attached hydrogens (tertiary/aromatic N) is 2. The number of aliphatic carboxylic acids is 1. The molecule has 446 valence electrons. The van der Waals surface area contributed by atoms with Crippen LogP contribution in [0.15, 0.2) is 36.7 Å². The lowest BCUT2D eigenvalue weighted by atomic mass is 9.27. The van der Waals surface area contributed by atoms with Crippen LogP contribution < -0.4 is 11.1 Å². The molecule has 19 nitrogen and oxygen atoms in total. The number of hydrogen-bond donors (Lipinski definition) is 13. The molecule has 1 spiro atoms. The third-order valence-corrected chi connectivity index (χ3v) is 25.2. The molecule has 4 heterocycles. The molecule has 0 aromatic carbocycles. The molecule has 1 amide bonds. The number of carboxylic acid groups (broad SMARTS) is 1. The number of allylic oxidation sites excluding steroid dienone is 2. The van der Waals surface area contributed by atoms with Crippen LogP contribution in [-0.2, 0) is 25.5 Å². The zero-order valence-corrected chi connectivity index (χ0v) is 47.6. The highest BCUT2D eigenvalue weighted by atomic mass is 16.7. The van der Waals surface area contributed by atoms with E-state index in [1.807, 2.05) is 6.92 Å². The predicted octanol–water partition coefficient (Wildman–Crippen LogP) is 4.44. The second-order valence-corrected chi connectivity index (χ2v) is 28.3. The van der Waals surface area contributed by atoms with E-state index in [1.54, 1.807) is 25.0 Å². The van der Waals surface area contributed by atoms with Gasteiger partial charge in [0, 0.05) is 60.3 Å². The highest BCUT2D eigenvalue weighted by Gasteiger charge is 2.79. The minimum Gasteiger partial charge on any atom is -0.481 e. The largest absolute Gasteiger partial charge is 0.481 e. The Morgan fingerprint density at radius 3 is 2.19 bits per heavy atom. The molecule has 22 atom stereocenters. The molecule has 6 saturated carbocycles. The van der Waals surface area contributed by atoms with Crippen LogP contribution in [0, 0.1) is 85.2 Å². The first-order valence-electron chi connectivity index (χ1n) is 30.6. The van der Waals surface area contributed by atoms with E-state index < -0.39 is 123 Å².